The molecule has 34 heavy (non-hydrogen) atoms. The van der Waals surface area contributed by atoms with Crippen LogP contribution in [0.4, 0.5) is 11.4 Å². The van der Waals surface area contributed by atoms with Gasteiger partial charge in [0.2, 0.25) is 0 Å². The Morgan fingerprint density at radius 1 is 0.941 bits per heavy atom. The summed E-state index contributed by atoms with van der Waals surface area (Å²) in [5.74, 6) is -0.390. The molecular formula is C24H23N5O3S2. The van der Waals surface area contributed by atoms with Gasteiger partial charge in [0.25, 0.3) is 15.9 Å². The predicted octanol–water partition coefficient (Wildman–Crippen LogP) is 4.64. The summed E-state index contributed by atoms with van der Waals surface area (Å²) < 4.78 is 30.1. The van der Waals surface area contributed by atoms with Crippen molar-refractivity contribution in [3.05, 3.63) is 89.7 Å². The molecule has 0 unspecified atom stereocenters. The highest BCUT2D eigenvalue weighted by molar-refractivity contribution is 7.99. The lowest BCUT2D eigenvalue weighted by Crippen LogP contribution is -2.17. The van der Waals surface area contributed by atoms with E-state index in [9.17, 15) is 13.2 Å². The van der Waals surface area contributed by atoms with Crippen LogP contribution in [0.3, 0.4) is 0 Å². The van der Waals surface area contributed by atoms with E-state index in [4.69, 9.17) is 0 Å². The van der Waals surface area contributed by atoms with Gasteiger partial charge in [0, 0.05) is 28.9 Å². The summed E-state index contributed by atoms with van der Waals surface area (Å²) >= 11 is 1.46. The maximum Gasteiger partial charge on any atom is 0.261 e. The number of aryl methyl sites for hydroxylation is 3. The van der Waals surface area contributed by atoms with E-state index in [2.05, 4.69) is 20.2 Å². The number of sulfonamides is 1. The summed E-state index contributed by atoms with van der Waals surface area (Å²) in [7, 11) is -1.99. The smallest absolute Gasteiger partial charge is 0.261 e. The van der Waals surface area contributed by atoms with E-state index in [1.54, 1.807) is 43.6 Å². The first-order chi connectivity index (χ1) is 16.2. The Morgan fingerprint density at radius 3 is 2.26 bits per heavy atom. The minimum Gasteiger partial charge on any atom is -0.322 e. The minimum atomic E-state index is -3.85. The van der Waals surface area contributed by atoms with Crippen molar-refractivity contribution in [2.24, 2.45) is 7.05 Å². The van der Waals surface area contributed by atoms with E-state index in [1.165, 1.54) is 23.9 Å². The van der Waals surface area contributed by atoms with Crippen molar-refractivity contribution >= 4 is 39.1 Å². The van der Waals surface area contributed by atoms with Crippen LogP contribution in [0, 0.1) is 13.8 Å². The second kappa shape index (κ2) is 9.70. The van der Waals surface area contributed by atoms with Crippen molar-refractivity contribution in [1.29, 1.82) is 0 Å². The number of carbonyl (C=O) groups is 1. The molecule has 1 heterocycles. The monoisotopic (exact) mass is 493 g/mol. The molecule has 0 saturated carbocycles. The van der Waals surface area contributed by atoms with Gasteiger partial charge in [-0.15, -0.1) is 10.2 Å². The number of amides is 1. The lowest BCUT2D eigenvalue weighted by atomic mass is 10.1. The zero-order chi connectivity index (χ0) is 24.3. The molecule has 3 aromatic carbocycles. The first kappa shape index (κ1) is 23.5. The molecule has 0 spiro atoms. The molecule has 0 atom stereocenters. The van der Waals surface area contributed by atoms with Crippen molar-refractivity contribution in [2.75, 3.05) is 10.0 Å². The highest BCUT2D eigenvalue weighted by atomic mass is 32.2. The molecule has 0 saturated heterocycles. The third kappa shape index (κ3) is 5.46. The van der Waals surface area contributed by atoms with E-state index in [0.29, 0.717) is 16.9 Å². The maximum atomic E-state index is 12.9. The number of hydrogen-bond donors (Lipinski definition) is 2. The molecule has 4 rings (SSSR count). The number of aromatic nitrogens is 3. The Hall–Kier alpha value is -3.63. The van der Waals surface area contributed by atoms with Crippen molar-refractivity contribution in [1.82, 2.24) is 14.8 Å². The molecule has 4 aromatic rings. The SMILES string of the molecule is Cc1ccc(NS(=O)(=O)c2ccc(C)c(C(=O)Nc3ccc(Sc4nncn4C)cc3)c2)cc1. The lowest BCUT2D eigenvalue weighted by molar-refractivity contribution is 0.102. The Labute approximate surface area is 202 Å². The molecular weight excluding hydrogens is 470 g/mol. The zero-order valence-electron chi connectivity index (χ0n) is 18.8. The fourth-order valence-electron chi connectivity index (χ4n) is 3.12. The Bertz CT molecular complexity index is 1430. The number of anilines is 2. The van der Waals surface area contributed by atoms with Crippen molar-refractivity contribution in [3.63, 3.8) is 0 Å². The fourth-order valence-corrected chi connectivity index (χ4v) is 4.97. The van der Waals surface area contributed by atoms with Gasteiger partial charge < -0.3 is 9.88 Å². The van der Waals surface area contributed by atoms with Crippen LogP contribution in [-0.2, 0) is 17.1 Å². The summed E-state index contributed by atoms with van der Waals surface area (Å²) in [5, 5.41) is 11.5. The third-order valence-corrected chi connectivity index (χ3v) is 7.50. The highest BCUT2D eigenvalue weighted by Gasteiger charge is 2.18. The summed E-state index contributed by atoms with van der Waals surface area (Å²) in [5.41, 5.74) is 3.03. The van der Waals surface area contributed by atoms with Gasteiger partial charge in [-0.25, -0.2) is 8.42 Å². The normalized spacial score (nSPS) is 11.3. The Morgan fingerprint density at radius 2 is 1.62 bits per heavy atom. The van der Waals surface area contributed by atoms with Crippen LogP contribution >= 0.6 is 11.8 Å². The number of hydrogen-bond acceptors (Lipinski definition) is 6. The molecule has 0 aliphatic rings. The van der Waals surface area contributed by atoms with Crippen molar-refractivity contribution < 1.29 is 13.2 Å². The quantitative estimate of drug-likeness (QED) is 0.389. The van der Waals surface area contributed by atoms with Gasteiger partial charge >= 0.3 is 0 Å². The Balaban J connectivity index is 1.49. The van der Waals surface area contributed by atoms with E-state index < -0.39 is 15.9 Å². The molecule has 0 radical (unpaired) electrons. The average Bonchev–Trinajstić information content (AvgIpc) is 3.21. The lowest BCUT2D eigenvalue weighted by Gasteiger charge is -2.12. The fraction of sp³-hybridized carbons (Fsp3) is 0.125. The van der Waals surface area contributed by atoms with Crippen LogP contribution in [-0.4, -0.2) is 29.1 Å². The van der Waals surface area contributed by atoms with Crippen LogP contribution in [0.25, 0.3) is 0 Å². The van der Waals surface area contributed by atoms with Gasteiger partial charge in [0.15, 0.2) is 5.16 Å². The molecule has 8 nitrogen and oxygen atoms in total. The van der Waals surface area contributed by atoms with Crippen molar-refractivity contribution in [2.45, 2.75) is 28.8 Å². The first-order valence-electron chi connectivity index (χ1n) is 10.3. The average molecular weight is 494 g/mol. The van der Waals surface area contributed by atoms with E-state index >= 15 is 0 Å². The summed E-state index contributed by atoms with van der Waals surface area (Å²) in [4.78, 5) is 13.9. The number of rotatable bonds is 7. The van der Waals surface area contributed by atoms with Crippen LogP contribution in [0.5, 0.6) is 0 Å². The van der Waals surface area contributed by atoms with Gasteiger partial charge in [-0.05, 0) is 79.7 Å². The topological polar surface area (TPSA) is 106 Å². The van der Waals surface area contributed by atoms with Crippen LogP contribution < -0.4 is 10.0 Å². The van der Waals surface area contributed by atoms with Crippen molar-refractivity contribution in [3.8, 4) is 0 Å². The van der Waals surface area contributed by atoms with Crippen LogP contribution in [0.1, 0.15) is 21.5 Å². The largest absolute Gasteiger partial charge is 0.322 e. The molecule has 174 valence electrons. The molecule has 10 heteroatoms. The van der Waals surface area contributed by atoms with E-state index in [-0.39, 0.29) is 10.5 Å². The van der Waals surface area contributed by atoms with Gasteiger partial charge in [-0.3, -0.25) is 9.52 Å². The molecule has 0 bridgehead atoms. The van der Waals surface area contributed by atoms with Gasteiger partial charge in [-0.1, -0.05) is 23.8 Å². The molecule has 1 aromatic heterocycles. The Kier molecular flexibility index (Phi) is 6.71. The summed E-state index contributed by atoms with van der Waals surface area (Å²) in [6, 6.07) is 18.8. The molecule has 1 amide bonds. The molecule has 0 aliphatic heterocycles. The number of benzene rings is 3. The van der Waals surface area contributed by atoms with Crippen LogP contribution in [0.2, 0.25) is 0 Å². The predicted molar refractivity (Wildman–Crippen MR) is 133 cm³/mol. The van der Waals surface area contributed by atoms with Gasteiger partial charge in [-0.2, -0.15) is 0 Å². The first-order valence-corrected chi connectivity index (χ1v) is 12.6. The van der Waals surface area contributed by atoms with E-state index in [0.717, 1.165) is 15.6 Å². The zero-order valence-corrected chi connectivity index (χ0v) is 20.4. The second-order valence-electron chi connectivity index (χ2n) is 7.75. The number of carbonyl (C=O) groups excluding carboxylic acids is 1. The second-order valence-corrected chi connectivity index (χ2v) is 10.5. The van der Waals surface area contributed by atoms with Gasteiger partial charge in [0.05, 0.1) is 4.90 Å². The standard InChI is InChI=1S/C24H23N5O3S2/c1-16-4-7-19(8-5-16)28-34(31,32)21-13-6-17(2)22(14-21)23(30)26-18-9-11-20(12-10-18)33-24-27-25-15-29(24)3/h4-15,28H,1-3H3,(H,26,30). The number of nitrogens with zero attached hydrogens (tertiary/aromatic N) is 3. The maximum absolute atomic E-state index is 12.9. The molecule has 2 N–H and O–H groups in total. The number of nitrogens with one attached hydrogen (secondary N) is 2. The summed E-state index contributed by atoms with van der Waals surface area (Å²) in [6.45, 7) is 3.69. The van der Waals surface area contributed by atoms with Gasteiger partial charge in [0.1, 0.15) is 6.33 Å². The molecule has 0 fully saturated rings. The minimum absolute atomic E-state index is 0.0132. The third-order valence-electron chi connectivity index (χ3n) is 5.06. The van der Waals surface area contributed by atoms with E-state index in [1.807, 2.05) is 42.8 Å². The highest BCUT2D eigenvalue weighted by Crippen LogP contribution is 2.27. The molecule has 0 aliphatic carbocycles. The summed E-state index contributed by atoms with van der Waals surface area (Å²) in [6.07, 6.45) is 1.63. The van der Waals surface area contributed by atoms with Crippen LogP contribution in [0.15, 0.2) is 88.0 Å².